The first kappa shape index (κ1) is 36.7. The van der Waals surface area contributed by atoms with Crippen LogP contribution in [0.3, 0.4) is 0 Å². The molecule has 66 heavy (non-hydrogen) atoms. The monoisotopic (exact) mass is 837 g/mol. The number of fused-ring (bicyclic) bond motifs is 10. The highest BCUT2D eigenvalue weighted by Gasteiger charge is 2.24. The molecule has 0 saturated heterocycles. The summed E-state index contributed by atoms with van der Waals surface area (Å²) in [5.41, 5.74) is 14.9. The molecule has 0 bridgehead atoms. The van der Waals surface area contributed by atoms with Crippen LogP contribution in [0.25, 0.3) is 137 Å². The zero-order valence-corrected chi connectivity index (χ0v) is 35.9. The molecule has 2 heteroatoms. The number of hydrogen-bond acceptors (Lipinski definition) is 1. The van der Waals surface area contributed by atoms with E-state index in [1.165, 1.54) is 98.3 Å². The molecular formula is C64H39NO. The number of hydrogen-bond donors (Lipinski definition) is 0. The Hall–Kier alpha value is -8.72. The van der Waals surface area contributed by atoms with Crippen molar-refractivity contribution >= 4 is 86.8 Å². The Morgan fingerprint density at radius 1 is 0.273 bits per heavy atom. The van der Waals surface area contributed by atoms with Crippen molar-refractivity contribution in [2.24, 2.45) is 0 Å². The summed E-state index contributed by atoms with van der Waals surface area (Å²) >= 11 is 0. The highest BCUT2D eigenvalue weighted by molar-refractivity contribution is 6.28. The first-order valence-corrected chi connectivity index (χ1v) is 22.8. The molecule has 2 aromatic heterocycles. The highest BCUT2D eigenvalue weighted by Crippen LogP contribution is 2.50. The zero-order chi connectivity index (χ0) is 43.3. The largest absolute Gasteiger partial charge is 0.455 e. The minimum absolute atomic E-state index is 0.877. The molecule has 0 spiro atoms. The van der Waals surface area contributed by atoms with E-state index in [-0.39, 0.29) is 0 Å². The molecule has 2 heterocycles. The van der Waals surface area contributed by atoms with Gasteiger partial charge in [0.15, 0.2) is 0 Å². The molecule has 0 fully saturated rings. The standard InChI is InChI=1S/C64H39NO/c1-3-19-40(20-4-1)59-44-24-7-13-30-50(44)62(51-31-14-8-25-45(51)59)53-33-17-34-54-63-52(32-18-36-58(63)66-64(53)54)61-48-28-11-9-26-46(48)60(47-27-10-12-29-49(47)61)41-37-38-57-55(39-41)43-23-15-16-35-56(43)65(57)42-21-5-2-6-22-42/h1-39H. The molecule has 0 radical (unpaired) electrons. The van der Waals surface area contributed by atoms with Gasteiger partial charge >= 0.3 is 0 Å². The molecule has 0 unspecified atom stereocenters. The van der Waals surface area contributed by atoms with Crippen LogP contribution in [0.4, 0.5) is 0 Å². The lowest BCUT2D eigenvalue weighted by atomic mass is 9.84. The third kappa shape index (κ3) is 5.30. The maximum atomic E-state index is 7.14. The van der Waals surface area contributed by atoms with Crippen LogP contribution < -0.4 is 0 Å². The summed E-state index contributed by atoms with van der Waals surface area (Å²) in [4.78, 5) is 0. The molecule has 0 saturated carbocycles. The average Bonchev–Trinajstić information content (AvgIpc) is 3.94. The smallest absolute Gasteiger partial charge is 0.143 e. The fourth-order valence-corrected chi connectivity index (χ4v) is 11.3. The van der Waals surface area contributed by atoms with Crippen molar-refractivity contribution in [1.82, 2.24) is 4.57 Å². The third-order valence-corrected chi connectivity index (χ3v) is 14.0. The molecule has 14 aromatic rings. The fraction of sp³-hybridized carbons (Fsp3) is 0. The minimum atomic E-state index is 0.877. The predicted octanol–water partition coefficient (Wildman–Crippen LogP) is 18.0. The maximum Gasteiger partial charge on any atom is 0.143 e. The molecule has 0 amide bonds. The third-order valence-electron chi connectivity index (χ3n) is 14.0. The van der Waals surface area contributed by atoms with E-state index in [0.29, 0.717) is 0 Å². The quantitative estimate of drug-likeness (QED) is 0.158. The van der Waals surface area contributed by atoms with Crippen LogP contribution in [0.1, 0.15) is 0 Å². The van der Waals surface area contributed by atoms with Gasteiger partial charge in [0.05, 0.1) is 11.0 Å². The summed E-state index contributed by atoms with van der Waals surface area (Å²) in [6, 6.07) is 86.3. The van der Waals surface area contributed by atoms with Gasteiger partial charge in [0.2, 0.25) is 0 Å². The van der Waals surface area contributed by atoms with Crippen molar-refractivity contribution in [2.45, 2.75) is 0 Å². The van der Waals surface area contributed by atoms with Crippen molar-refractivity contribution in [1.29, 1.82) is 0 Å². The van der Waals surface area contributed by atoms with Crippen LogP contribution in [0, 0.1) is 0 Å². The minimum Gasteiger partial charge on any atom is -0.455 e. The SMILES string of the molecule is c1ccc(-c2c3ccccc3c(-c3cccc4c3oc3cccc(-c5c6ccccc6c(-c6ccc7c(c6)c6ccccc6n7-c6ccccc6)c6ccccc56)c34)c3ccccc23)cc1. The van der Waals surface area contributed by atoms with E-state index in [1.807, 2.05) is 0 Å². The van der Waals surface area contributed by atoms with Gasteiger partial charge in [0.25, 0.3) is 0 Å². The number of furan rings is 1. The summed E-state index contributed by atoms with van der Waals surface area (Å²) in [5.74, 6) is 0. The molecule has 14 rings (SSSR count). The van der Waals surface area contributed by atoms with Gasteiger partial charge in [0, 0.05) is 38.4 Å². The van der Waals surface area contributed by atoms with Crippen LogP contribution in [0.15, 0.2) is 241 Å². The molecule has 0 aliphatic carbocycles. The van der Waals surface area contributed by atoms with Crippen LogP contribution in [-0.4, -0.2) is 4.57 Å². The summed E-state index contributed by atoms with van der Waals surface area (Å²) < 4.78 is 9.53. The number of nitrogens with zero attached hydrogens (tertiary/aromatic N) is 1. The normalized spacial score (nSPS) is 11.9. The van der Waals surface area contributed by atoms with Crippen molar-refractivity contribution in [3.8, 4) is 50.2 Å². The van der Waals surface area contributed by atoms with Crippen molar-refractivity contribution < 1.29 is 4.42 Å². The van der Waals surface area contributed by atoms with Crippen LogP contribution in [-0.2, 0) is 0 Å². The molecule has 306 valence electrons. The van der Waals surface area contributed by atoms with Crippen molar-refractivity contribution in [2.75, 3.05) is 0 Å². The molecular weight excluding hydrogens is 799 g/mol. The summed E-state index contributed by atoms with van der Waals surface area (Å²) in [6.45, 7) is 0. The summed E-state index contributed by atoms with van der Waals surface area (Å²) in [7, 11) is 0. The van der Waals surface area contributed by atoms with E-state index >= 15 is 0 Å². The molecule has 0 aliphatic rings. The van der Waals surface area contributed by atoms with Gasteiger partial charge in [-0.25, -0.2) is 0 Å². The van der Waals surface area contributed by atoms with Gasteiger partial charge in [-0.3, -0.25) is 0 Å². The Morgan fingerprint density at radius 2 is 0.712 bits per heavy atom. The first-order chi connectivity index (χ1) is 32.8. The van der Waals surface area contributed by atoms with Gasteiger partial charge in [-0.05, 0) is 113 Å². The Balaban J connectivity index is 1.02. The first-order valence-electron chi connectivity index (χ1n) is 22.8. The van der Waals surface area contributed by atoms with E-state index in [2.05, 4.69) is 241 Å². The van der Waals surface area contributed by atoms with Crippen molar-refractivity contribution in [3.63, 3.8) is 0 Å². The van der Waals surface area contributed by atoms with Crippen LogP contribution in [0.2, 0.25) is 0 Å². The Bertz CT molecular complexity index is 4160. The van der Waals surface area contributed by atoms with Gasteiger partial charge in [-0.2, -0.15) is 0 Å². The Labute approximate surface area is 380 Å². The fourth-order valence-electron chi connectivity index (χ4n) is 11.3. The van der Waals surface area contributed by atoms with Gasteiger partial charge in [0.1, 0.15) is 11.2 Å². The highest BCUT2D eigenvalue weighted by atomic mass is 16.3. The van der Waals surface area contributed by atoms with E-state index in [4.69, 9.17) is 4.42 Å². The number of aromatic nitrogens is 1. The van der Waals surface area contributed by atoms with E-state index in [0.717, 1.165) is 38.8 Å². The molecule has 0 N–H and O–H groups in total. The Kier molecular flexibility index (Phi) is 8.02. The van der Waals surface area contributed by atoms with E-state index in [9.17, 15) is 0 Å². The van der Waals surface area contributed by atoms with Gasteiger partial charge < -0.3 is 8.98 Å². The van der Waals surface area contributed by atoms with Crippen molar-refractivity contribution in [3.05, 3.63) is 237 Å². The lowest BCUT2D eigenvalue weighted by Crippen LogP contribution is -1.93. The number of benzene rings is 12. The topological polar surface area (TPSA) is 18.1 Å². The van der Waals surface area contributed by atoms with Gasteiger partial charge in [-0.1, -0.05) is 200 Å². The summed E-state index contributed by atoms with van der Waals surface area (Å²) in [6.07, 6.45) is 0. The van der Waals surface area contributed by atoms with Crippen LogP contribution in [0.5, 0.6) is 0 Å². The number of rotatable bonds is 5. The maximum absolute atomic E-state index is 7.14. The second-order valence-corrected chi connectivity index (χ2v) is 17.4. The second-order valence-electron chi connectivity index (χ2n) is 17.4. The molecule has 2 nitrogen and oxygen atoms in total. The number of para-hydroxylation sites is 3. The molecule has 12 aromatic carbocycles. The van der Waals surface area contributed by atoms with E-state index in [1.54, 1.807) is 0 Å². The Morgan fingerprint density at radius 3 is 1.32 bits per heavy atom. The van der Waals surface area contributed by atoms with Crippen LogP contribution >= 0.6 is 0 Å². The summed E-state index contributed by atoms with van der Waals surface area (Å²) in [5, 5.41) is 14.5. The molecule has 0 aliphatic heterocycles. The second kappa shape index (κ2) is 14.4. The van der Waals surface area contributed by atoms with E-state index < -0.39 is 0 Å². The average molecular weight is 838 g/mol. The molecule has 0 atom stereocenters. The lowest BCUT2D eigenvalue weighted by molar-refractivity contribution is 0.670. The van der Waals surface area contributed by atoms with Gasteiger partial charge in [-0.15, -0.1) is 0 Å². The lowest BCUT2D eigenvalue weighted by Gasteiger charge is -2.18. The predicted molar refractivity (Wildman–Crippen MR) is 280 cm³/mol. The zero-order valence-electron chi connectivity index (χ0n) is 35.9.